The first kappa shape index (κ1) is 16.0. The monoisotopic (exact) mass is 325 g/mol. The zero-order valence-electron chi connectivity index (χ0n) is 13.7. The molecule has 2 aromatic rings. The van der Waals surface area contributed by atoms with Crippen molar-refractivity contribution in [2.45, 2.75) is 25.8 Å². The van der Waals surface area contributed by atoms with Crippen molar-refractivity contribution < 1.29 is 9.53 Å². The van der Waals surface area contributed by atoms with Gasteiger partial charge < -0.3 is 10.5 Å². The van der Waals surface area contributed by atoms with E-state index in [2.05, 4.69) is 4.98 Å². The fourth-order valence-electron chi connectivity index (χ4n) is 3.00. The third kappa shape index (κ3) is 2.71. The Morgan fingerprint density at radius 2 is 2.17 bits per heavy atom. The second-order valence-corrected chi connectivity index (χ2v) is 5.83. The van der Waals surface area contributed by atoms with E-state index in [1.807, 2.05) is 37.3 Å². The van der Waals surface area contributed by atoms with Crippen LogP contribution in [0.4, 0.5) is 0 Å². The molecule has 0 spiro atoms. The summed E-state index contributed by atoms with van der Waals surface area (Å²) in [6.07, 6.45) is 4.83. The fourth-order valence-corrected chi connectivity index (χ4v) is 3.00. The zero-order chi connectivity index (χ0) is 17.3. The van der Waals surface area contributed by atoms with Gasteiger partial charge in [-0.15, -0.1) is 0 Å². The number of aromatic nitrogens is 2. The van der Waals surface area contributed by atoms with Crippen LogP contribution in [0.5, 0.6) is 5.75 Å². The van der Waals surface area contributed by atoms with Gasteiger partial charge >= 0.3 is 0 Å². The standard InChI is InChI=1S/C18H19N3O3/c1-11-7-8-13(9-12-5-3-4-6-15(12)24-2)17-20-10-14(16(19)22)18(23)21(11)17/h3-6,9-11H,7-8H2,1-2H3,(H2,19,22)/b13-9-. The Hall–Kier alpha value is -2.89. The lowest BCUT2D eigenvalue weighted by Gasteiger charge is -2.26. The quantitative estimate of drug-likeness (QED) is 0.937. The van der Waals surface area contributed by atoms with Gasteiger partial charge in [-0.1, -0.05) is 18.2 Å². The van der Waals surface area contributed by atoms with Crippen molar-refractivity contribution in [3.8, 4) is 5.75 Å². The largest absolute Gasteiger partial charge is 0.496 e. The van der Waals surface area contributed by atoms with Crippen LogP contribution < -0.4 is 16.0 Å². The van der Waals surface area contributed by atoms with Crippen molar-refractivity contribution in [1.29, 1.82) is 0 Å². The lowest BCUT2D eigenvalue weighted by atomic mass is 9.97. The topological polar surface area (TPSA) is 87.2 Å². The molecule has 124 valence electrons. The number of rotatable bonds is 3. The second-order valence-electron chi connectivity index (χ2n) is 5.83. The number of hydrogen-bond acceptors (Lipinski definition) is 4. The van der Waals surface area contributed by atoms with Crippen LogP contribution in [-0.4, -0.2) is 22.6 Å². The van der Waals surface area contributed by atoms with E-state index in [-0.39, 0.29) is 17.2 Å². The maximum Gasteiger partial charge on any atom is 0.266 e. The Kier molecular flexibility index (Phi) is 4.20. The summed E-state index contributed by atoms with van der Waals surface area (Å²) in [6, 6.07) is 7.63. The molecule has 1 aromatic carbocycles. The summed E-state index contributed by atoms with van der Waals surface area (Å²) in [4.78, 5) is 28.3. The summed E-state index contributed by atoms with van der Waals surface area (Å²) in [5, 5.41) is 0. The molecule has 0 fully saturated rings. The van der Waals surface area contributed by atoms with Gasteiger partial charge in [-0.05, 0) is 37.5 Å². The number of carbonyl (C=O) groups is 1. The minimum Gasteiger partial charge on any atom is -0.496 e. The van der Waals surface area contributed by atoms with Crippen LogP contribution in [0.25, 0.3) is 11.6 Å². The number of amides is 1. The van der Waals surface area contributed by atoms with E-state index in [9.17, 15) is 9.59 Å². The van der Waals surface area contributed by atoms with Crippen LogP contribution in [0.15, 0.2) is 35.3 Å². The van der Waals surface area contributed by atoms with Crippen molar-refractivity contribution in [3.63, 3.8) is 0 Å². The molecule has 2 N–H and O–H groups in total. The Morgan fingerprint density at radius 1 is 1.42 bits per heavy atom. The van der Waals surface area contributed by atoms with Crippen LogP contribution in [0.2, 0.25) is 0 Å². The van der Waals surface area contributed by atoms with Gasteiger partial charge in [0.1, 0.15) is 17.1 Å². The van der Waals surface area contributed by atoms with E-state index in [0.29, 0.717) is 5.82 Å². The van der Waals surface area contributed by atoms with Gasteiger partial charge in [0, 0.05) is 17.8 Å². The number of ether oxygens (including phenoxy) is 1. The number of methoxy groups -OCH3 is 1. The van der Waals surface area contributed by atoms with E-state index in [0.717, 1.165) is 29.7 Å². The smallest absolute Gasteiger partial charge is 0.266 e. The van der Waals surface area contributed by atoms with E-state index in [1.54, 1.807) is 11.7 Å². The number of nitrogens with zero attached hydrogens (tertiary/aromatic N) is 2. The summed E-state index contributed by atoms with van der Waals surface area (Å²) < 4.78 is 6.94. The molecule has 3 rings (SSSR count). The second kappa shape index (κ2) is 6.31. The molecule has 6 nitrogen and oxygen atoms in total. The Balaban J connectivity index is 2.17. The van der Waals surface area contributed by atoms with Crippen LogP contribution in [0.1, 0.15) is 47.6 Å². The zero-order valence-corrected chi connectivity index (χ0v) is 13.7. The van der Waals surface area contributed by atoms with E-state index in [1.165, 1.54) is 6.20 Å². The van der Waals surface area contributed by atoms with Crippen molar-refractivity contribution >= 4 is 17.6 Å². The fraction of sp³-hybridized carbons (Fsp3) is 0.278. The Labute approximate surface area is 139 Å². The number of fused-ring (bicyclic) bond motifs is 1. The summed E-state index contributed by atoms with van der Waals surface area (Å²) in [5.74, 6) is 0.580. The van der Waals surface area contributed by atoms with Gasteiger partial charge in [0.2, 0.25) is 0 Å². The third-order valence-corrected chi connectivity index (χ3v) is 4.29. The molecule has 24 heavy (non-hydrogen) atoms. The highest BCUT2D eigenvalue weighted by Gasteiger charge is 2.25. The van der Waals surface area contributed by atoms with Crippen molar-refractivity contribution in [2.24, 2.45) is 5.73 Å². The van der Waals surface area contributed by atoms with Crippen molar-refractivity contribution in [2.75, 3.05) is 7.11 Å². The van der Waals surface area contributed by atoms with Crippen LogP contribution >= 0.6 is 0 Å². The predicted octanol–water partition coefficient (Wildman–Crippen LogP) is 2.25. The minimum atomic E-state index is -0.754. The molecule has 0 saturated carbocycles. The molecule has 1 aliphatic rings. The molecule has 1 amide bonds. The van der Waals surface area contributed by atoms with Crippen LogP contribution in [0.3, 0.4) is 0 Å². The Morgan fingerprint density at radius 3 is 2.88 bits per heavy atom. The molecule has 2 heterocycles. The highest BCUT2D eigenvalue weighted by Crippen LogP contribution is 2.33. The molecule has 1 aliphatic heterocycles. The van der Waals surface area contributed by atoms with Crippen LogP contribution in [-0.2, 0) is 0 Å². The average molecular weight is 325 g/mol. The van der Waals surface area contributed by atoms with E-state index >= 15 is 0 Å². The number of carbonyl (C=O) groups excluding carboxylic acids is 1. The van der Waals surface area contributed by atoms with E-state index in [4.69, 9.17) is 10.5 Å². The number of benzene rings is 1. The van der Waals surface area contributed by atoms with Crippen molar-refractivity contribution in [3.05, 3.63) is 57.8 Å². The summed E-state index contributed by atoms with van der Waals surface area (Å²) in [5.41, 5.74) is 6.66. The first-order chi connectivity index (χ1) is 11.5. The molecular weight excluding hydrogens is 306 g/mol. The molecule has 0 aliphatic carbocycles. The minimum absolute atomic E-state index is 0.0332. The normalized spacial score (nSPS) is 18.2. The van der Waals surface area contributed by atoms with Gasteiger partial charge in [0.15, 0.2) is 0 Å². The maximum atomic E-state index is 12.6. The SMILES string of the molecule is COc1ccccc1/C=C1/CCC(C)n2c1ncc(C(N)=O)c2=O. The third-order valence-electron chi connectivity index (χ3n) is 4.29. The molecule has 1 atom stereocenters. The molecule has 6 heteroatoms. The summed E-state index contributed by atoms with van der Waals surface area (Å²) >= 11 is 0. The molecule has 1 unspecified atom stereocenters. The van der Waals surface area contributed by atoms with Gasteiger partial charge in [0.25, 0.3) is 11.5 Å². The Bertz CT molecular complexity index is 883. The molecule has 0 bridgehead atoms. The number of nitrogens with two attached hydrogens (primary N) is 1. The van der Waals surface area contributed by atoms with Crippen LogP contribution in [0, 0.1) is 0 Å². The first-order valence-corrected chi connectivity index (χ1v) is 7.78. The van der Waals surface area contributed by atoms with Gasteiger partial charge in [-0.25, -0.2) is 4.98 Å². The predicted molar refractivity (Wildman–Crippen MR) is 91.8 cm³/mol. The summed E-state index contributed by atoms with van der Waals surface area (Å²) in [7, 11) is 1.62. The average Bonchev–Trinajstić information content (AvgIpc) is 2.57. The number of para-hydroxylation sites is 1. The maximum absolute atomic E-state index is 12.6. The highest BCUT2D eigenvalue weighted by molar-refractivity contribution is 5.92. The molecule has 0 radical (unpaired) electrons. The lowest BCUT2D eigenvalue weighted by Crippen LogP contribution is -2.35. The number of hydrogen-bond donors (Lipinski definition) is 1. The van der Waals surface area contributed by atoms with Gasteiger partial charge in [-0.2, -0.15) is 0 Å². The lowest BCUT2D eigenvalue weighted by molar-refractivity contribution is 0.0997. The van der Waals surface area contributed by atoms with Crippen molar-refractivity contribution in [1.82, 2.24) is 9.55 Å². The van der Waals surface area contributed by atoms with Gasteiger partial charge in [-0.3, -0.25) is 14.2 Å². The van der Waals surface area contributed by atoms with E-state index < -0.39 is 5.91 Å². The molecular formula is C18H19N3O3. The number of allylic oxidation sites excluding steroid dienone is 1. The molecule has 0 saturated heterocycles. The highest BCUT2D eigenvalue weighted by atomic mass is 16.5. The first-order valence-electron chi connectivity index (χ1n) is 7.78. The van der Waals surface area contributed by atoms with Gasteiger partial charge in [0.05, 0.1) is 7.11 Å². The number of primary amides is 1. The summed E-state index contributed by atoms with van der Waals surface area (Å²) in [6.45, 7) is 1.94. The molecule has 1 aromatic heterocycles.